The summed E-state index contributed by atoms with van der Waals surface area (Å²) in [6.45, 7) is 13.9. The SMILES string of the molecule is [C-]#[N+]c1ccc2c(c1)C(SCC)CC(C(C)(C)COC(=O)COC)N2. The third-order valence-electron chi connectivity index (χ3n) is 4.47. The summed E-state index contributed by atoms with van der Waals surface area (Å²) < 4.78 is 10.2. The van der Waals surface area contributed by atoms with Gasteiger partial charge in [0.05, 0.1) is 13.2 Å². The van der Waals surface area contributed by atoms with E-state index < -0.39 is 0 Å². The van der Waals surface area contributed by atoms with Gasteiger partial charge in [-0.15, -0.1) is 0 Å². The van der Waals surface area contributed by atoms with Crippen LogP contribution < -0.4 is 5.32 Å². The zero-order valence-electron chi connectivity index (χ0n) is 15.3. The molecule has 0 aromatic heterocycles. The van der Waals surface area contributed by atoms with Gasteiger partial charge < -0.3 is 14.8 Å². The topological polar surface area (TPSA) is 51.9 Å². The van der Waals surface area contributed by atoms with Crippen LogP contribution in [0.15, 0.2) is 18.2 Å². The number of benzene rings is 1. The first kappa shape index (κ1) is 19.6. The van der Waals surface area contributed by atoms with Crippen LogP contribution in [0.2, 0.25) is 0 Å². The largest absolute Gasteiger partial charge is 0.463 e. The number of anilines is 1. The highest BCUT2D eigenvalue weighted by Gasteiger charge is 2.37. The van der Waals surface area contributed by atoms with Crippen LogP contribution in [0, 0.1) is 12.0 Å². The number of fused-ring (bicyclic) bond motifs is 1. The van der Waals surface area contributed by atoms with Crippen molar-refractivity contribution >= 4 is 29.1 Å². The van der Waals surface area contributed by atoms with E-state index in [2.05, 4.69) is 30.9 Å². The minimum Gasteiger partial charge on any atom is -0.463 e. The molecule has 0 saturated carbocycles. The van der Waals surface area contributed by atoms with Crippen LogP contribution in [0.4, 0.5) is 11.4 Å². The van der Waals surface area contributed by atoms with E-state index in [1.807, 2.05) is 30.0 Å². The van der Waals surface area contributed by atoms with Gasteiger partial charge >= 0.3 is 5.97 Å². The van der Waals surface area contributed by atoms with Crippen molar-refractivity contribution in [1.82, 2.24) is 0 Å². The van der Waals surface area contributed by atoms with Crippen molar-refractivity contribution in [2.45, 2.75) is 38.5 Å². The summed E-state index contributed by atoms with van der Waals surface area (Å²) in [5.41, 5.74) is 2.73. The predicted octanol–water partition coefficient (Wildman–Crippen LogP) is 4.43. The van der Waals surface area contributed by atoms with E-state index in [9.17, 15) is 4.79 Å². The monoisotopic (exact) mass is 362 g/mol. The van der Waals surface area contributed by atoms with E-state index in [0.29, 0.717) is 17.5 Å². The maximum atomic E-state index is 11.6. The molecule has 1 heterocycles. The van der Waals surface area contributed by atoms with Crippen molar-refractivity contribution in [3.8, 4) is 0 Å². The van der Waals surface area contributed by atoms with Crippen LogP contribution >= 0.6 is 11.8 Å². The molecule has 136 valence electrons. The summed E-state index contributed by atoms with van der Waals surface area (Å²) in [6, 6.07) is 6.01. The number of carbonyl (C=O) groups excluding carboxylic acids is 1. The van der Waals surface area contributed by atoms with E-state index in [4.69, 9.17) is 16.0 Å². The maximum absolute atomic E-state index is 11.6. The fourth-order valence-corrected chi connectivity index (χ4v) is 4.11. The number of ether oxygens (including phenoxy) is 2. The second-order valence-corrected chi connectivity index (χ2v) is 8.32. The summed E-state index contributed by atoms with van der Waals surface area (Å²) in [5, 5.41) is 3.93. The van der Waals surface area contributed by atoms with E-state index in [0.717, 1.165) is 17.9 Å². The molecule has 0 saturated heterocycles. The molecule has 1 aromatic carbocycles. The lowest BCUT2D eigenvalue weighted by molar-refractivity contribution is -0.151. The van der Waals surface area contributed by atoms with Gasteiger partial charge in [0.2, 0.25) is 0 Å². The standard InChI is InChI=1S/C19H26N2O3S/c1-6-25-16-10-17(19(2,3)12-24-18(22)11-23-5)21-15-8-7-13(20-4)9-14(15)16/h7-9,16-17,21H,6,10-12H2,1-3,5H3. The van der Waals surface area contributed by atoms with Crippen molar-refractivity contribution in [3.63, 3.8) is 0 Å². The first-order chi connectivity index (χ1) is 11.9. The molecular weight excluding hydrogens is 336 g/mol. The lowest BCUT2D eigenvalue weighted by Crippen LogP contribution is -2.43. The fourth-order valence-electron chi connectivity index (χ4n) is 3.01. The summed E-state index contributed by atoms with van der Waals surface area (Å²) in [5.74, 6) is 0.676. The van der Waals surface area contributed by atoms with Crippen LogP contribution in [0.25, 0.3) is 4.85 Å². The summed E-state index contributed by atoms with van der Waals surface area (Å²) in [4.78, 5) is 15.2. The van der Waals surface area contributed by atoms with Crippen molar-refractivity contribution in [1.29, 1.82) is 0 Å². The van der Waals surface area contributed by atoms with Gasteiger partial charge in [-0.1, -0.05) is 32.9 Å². The molecule has 0 radical (unpaired) electrons. The normalized spacial score (nSPS) is 19.5. The summed E-state index contributed by atoms with van der Waals surface area (Å²) >= 11 is 1.90. The molecule has 2 atom stereocenters. The number of methoxy groups -OCH3 is 1. The smallest absolute Gasteiger partial charge is 0.332 e. The van der Waals surface area contributed by atoms with Crippen LogP contribution in [0.5, 0.6) is 0 Å². The van der Waals surface area contributed by atoms with Gasteiger partial charge in [-0.05, 0) is 23.8 Å². The van der Waals surface area contributed by atoms with Crippen molar-refractivity contribution < 1.29 is 14.3 Å². The molecule has 5 nitrogen and oxygen atoms in total. The van der Waals surface area contributed by atoms with E-state index >= 15 is 0 Å². The number of rotatable bonds is 7. The molecule has 0 fully saturated rings. The van der Waals surface area contributed by atoms with Gasteiger partial charge in [0.1, 0.15) is 6.61 Å². The lowest BCUT2D eigenvalue weighted by Gasteiger charge is -2.41. The number of hydrogen-bond acceptors (Lipinski definition) is 5. The number of nitrogens with one attached hydrogen (secondary N) is 1. The zero-order chi connectivity index (χ0) is 18.4. The minimum atomic E-state index is -0.340. The molecule has 1 aromatic rings. The fraction of sp³-hybridized carbons (Fsp3) is 0.579. The molecule has 2 unspecified atom stereocenters. The highest BCUT2D eigenvalue weighted by Crippen LogP contribution is 2.46. The Morgan fingerprint density at radius 2 is 2.24 bits per heavy atom. The zero-order valence-corrected chi connectivity index (χ0v) is 16.1. The number of nitrogens with zero attached hydrogens (tertiary/aromatic N) is 1. The molecule has 1 aliphatic heterocycles. The second-order valence-electron chi connectivity index (χ2n) is 6.84. The minimum absolute atomic E-state index is 0.0231. The number of carbonyl (C=O) groups is 1. The molecule has 25 heavy (non-hydrogen) atoms. The quantitative estimate of drug-likeness (QED) is 0.574. The van der Waals surface area contributed by atoms with Gasteiger partial charge in [0.25, 0.3) is 0 Å². The predicted molar refractivity (Wildman–Crippen MR) is 102 cm³/mol. The van der Waals surface area contributed by atoms with E-state index in [-0.39, 0.29) is 24.0 Å². The average Bonchev–Trinajstić information content (AvgIpc) is 2.60. The number of hydrogen-bond donors (Lipinski definition) is 1. The van der Waals surface area contributed by atoms with Crippen molar-refractivity contribution in [3.05, 3.63) is 35.2 Å². The van der Waals surface area contributed by atoms with Gasteiger partial charge in [-0.3, -0.25) is 0 Å². The highest BCUT2D eigenvalue weighted by atomic mass is 32.2. The van der Waals surface area contributed by atoms with Crippen molar-refractivity contribution in [2.75, 3.05) is 31.4 Å². The molecule has 0 bridgehead atoms. The van der Waals surface area contributed by atoms with Gasteiger partial charge in [0.15, 0.2) is 5.69 Å². The molecule has 2 rings (SSSR count). The Balaban J connectivity index is 2.17. The Kier molecular flexibility index (Phi) is 6.74. The second kappa shape index (κ2) is 8.59. The van der Waals surface area contributed by atoms with E-state index in [1.165, 1.54) is 12.7 Å². The highest BCUT2D eigenvalue weighted by molar-refractivity contribution is 7.99. The Hall–Kier alpha value is -1.71. The molecular formula is C19H26N2O3S. The Labute approximate surface area is 154 Å². The maximum Gasteiger partial charge on any atom is 0.332 e. The van der Waals surface area contributed by atoms with Crippen molar-refractivity contribution in [2.24, 2.45) is 5.41 Å². The van der Waals surface area contributed by atoms with Crippen LogP contribution in [0.1, 0.15) is 38.0 Å². The first-order valence-electron chi connectivity index (χ1n) is 8.45. The Bertz CT molecular complexity index is 655. The van der Waals surface area contributed by atoms with Crippen LogP contribution in [0.3, 0.4) is 0 Å². The summed E-state index contributed by atoms with van der Waals surface area (Å²) in [7, 11) is 1.48. The molecule has 0 amide bonds. The average molecular weight is 362 g/mol. The third-order valence-corrected chi connectivity index (χ3v) is 5.65. The first-order valence-corrected chi connectivity index (χ1v) is 9.50. The Morgan fingerprint density at radius 3 is 2.88 bits per heavy atom. The Morgan fingerprint density at radius 1 is 1.48 bits per heavy atom. The van der Waals surface area contributed by atoms with Gasteiger partial charge in [-0.25, -0.2) is 9.64 Å². The molecule has 0 spiro atoms. The van der Waals surface area contributed by atoms with Gasteiger partial charge in [-0.2, -0.15) is 11.8 Å². The third kappa shape index (κ3) is 4.90. The van der Waals surface area contributed by atoms with Crippen LogP contribution in [-0.4, -0.2) is 38.1 Å². The number of esters is 1. The lowest BCUT2D eigenvalue weighted by atomic mass is 9.79. The van der Waals surface area contributed by atoms with Crippen LogP contribution in [-0.2, 0) is 14.3 Å². The van der Waals surface area contributed by atoms with E-state index in [1.54, 1.807) is 0 Å². The molecule has 1 N–H and O–H groups in total. The molecule has 0 aliphatic carbocycles. The summed E-state index contributed by atoms with van der Waals surface area (Å²) in [6.07, 6.45) is 0.932. The van der Waals surface area contributed by atoms with Gasteiger partial charge in [0, 0.05) is 29.5 Å². The number of thioether (sulfide) groups is 1. The molecule has 6 heteroatoms. The molecule has 1 aliphatic rings.